The Balaban J connectivity index is 1.42. The molecular weight excluding hydrogens is 493 g/mol. The van der Waals surface area contributed by atoms with Crippen molar-refractivity contribution < 1.29 is 22.3 Å². The van der Waals surface area contributed by atoms with Crippen LogP contribution in [0.1, 0.15) is 54.5 Å². The minimum absolute atomic E-state index is 0.0335. The van der Waals surface area contributed by atoms with Crippen molar-refractivity contribution in [1.29, 1.82) is 5.26 Å². The fraction of sp³-hybridized carbons (Fsp3) is 0.500. The first-order valence-electron chi connectivity index (χ1n) is 12.8. The maximum absolute atomic E-state index is 15.6. The van der Waals surface area contributed by atoms with Crippen LogP contribution in [-0.4, -0.2) is 50.9 Å². The second kappa shape index (κ2) is 9.82. The molecule has 2 N–H and O–H groups in total. The van der Waals surface area contributed by atoms with E-state index in [2.05, 4.69) is 16.7 Å². The standard InChI is InChI=1S/C28H32FN3O4S/c1-19-24(37(34,35)25(17-31-19)20-5-3-2-4-6-20)15-21-7-8-22(16-23(21)29)28(11-13-36-14-12-28)26(33)32-27(18-30)9-10-27/h2-8,16,19,24-25,31H,9-15,17H2,1H3,(H,32,33)/t19-,24?,25-/m0/s1. The Morgan fingerprint density at radius 3 is 2.49 bits per heavy atom. The largest absolute Gasteiger partial charge is 0.381 e. The van der Waals surface area contributed by atoms with Gasteiger partial charge in [0.05, 0.1) is 22.0 Å². The number of rotatable bonds is 6. The van der Waals surface area contributed by atoms with Gasteiger partial charge in [0.25, 0.3) is 0 Å². The van der Waals surface area contributed by atoms with Crippen molar-refractivity contribution in [2.45, 2.75) is 66.5 Å². The molecule has 3 atom stereocenters. The smallest absolute Gasteiger partial charge is 0.232 e. The van der Waals surface area contributed by atoms with Crippen molar-refractivity contribution in [2.75, 3.05) is 19.8 Å². The quantitative estimate of drug-likeness (QED) is 0.600. The van der Waals surface area contributed by atoms with E-state index in [1.807, 2.05) is 37.3 Å². The third-order valence-electron chi connectivity index (χ3n) is 8.30. The van der Waals surface area contributed by atoms with Gasteiger partial charge in [-0.2, -0.15) is 5.26 Å². The van der Waals surface area contributed by atoms with Gasteiger partial charge in [0.1, 0.15) is 11.4 Å². The summed E-state index contributed by atoms with van der Waals surface area (Å²) >= 11 is 0. The molecule has 2 aliphatic heterocycles. The van der Waals surface area contributed by atoms with E-state index in [4.69, 9.17) is 4.74 Å². The van der Waals surface area contributed by atoms with Gasteiger partial charge in [0, 0.05) is 25.8 Å². The zero-order valence-electron chi connectivity index (χ0n) is 20.9. The summed E-state index contributed by atoms with van der Waals surface area (Å²) in [5, 5.41) is 14.2. The van der Waals surface area contributed by atoms with Gasteiger partial charge in [-0.05, 0) is 61.8 Å². The number of carbonyl (C=O) groups is 1. The molecule has 1 unspecified atom stereocenters. The van der Waals surface area contributed by atoms with Crippen LogP contribution in [0.25, 0.3) is 0 Å². The third-order valence-corrected chi connectivity index (χ3v) is 10.9. The first kappa shape index (κ1) is 25.8. The molecule has 1 aliphatic carbocycles. The molecule has 5 rings (SSSR count). The van der Waals surface area contributed by atoms with Crippen LogP contribution in [0.5, 0.6) is 0 Å². The Morgan fingerprint density at radius 1 is 1.16 bits per heavy atom. The fourth-order valence-corrected chi connectivity index (χ4v) is 7.99. The number of amides is 1. The lowest BCUT2D eigenvalue weighted by Crippen LogP contribution is -2.53. The molecule has 196 valence electrons. The Morgan fingerprint density at radius 2 is 1.86 bits per heavy atom. The molecule has 2 aromatic carbocycles. The highest BCUT2D eigenvalue weighted by Crippen LogP contribution is 2.41. The second-order valence-corrected chi connectivity index (χ2v) is 12.9. The van der Waals surface area contributed by atoms with Crippen LogP contribution in [0.15, 0.2) is 48.5 Å². The molecular formula is C28H32FN3O4S. The monoisotopic (exact) mass is 525 g/mol. The maximum atomic E-state index is 15.6. The van der Waals surface area contributed by atoms with E-state index >= 15 is 4.39 Å². The van der Waals surface area contributed by atoms with Crippen LogP contribution in [0.3, 0.4) is 0 Å². The summed E-state index contributed by atoms with van der Waals surface area (Å²) in [6.45, 7) is 2.86. The highest BCUT2D eigenvalue weighted by Gasteiger charge is 2.50. The number of nitriles is 1. The second-order valence-electron chi connectivity index (χ2n) is 10.6. The summed E-state index contributed by atoms with van der Waals surface area (Å²) in [4.78, 5) is 13.4. The number of hydrogen-bond donors (Lipinski definition) is 2. The number of hydrogen-bond acceptors (Lipinski definition) is 6. The van der Waals surface area contributed by atoms with Gasteiger partial charge in [0.15, 0.2) is 9.84 Å². The molecule has 37 heavy (non-hydrogen) atoms. The van der Waals surface area contributed by atoms with Crippen molar-refractivity contribution in [3.63, 3.8) is 0 Å². The van der Waals surface area contributed by atoms with Crippen molar-refractivity contribution in [3.8, 4) is 6.07 Å². The lowest BCUT2D eigenvalue weighted by atomic mass is 9.73. The molecule has 0 spiro atoms. The minimum atomic E-state index is -3.59. The minimum Gasteiger partial charge on any atom is -0.381 e. The third kappa shape index (κ3) is 4.78. The molecule has 0 bridgehead atoms. The summed E-state index contributed by atoms with van der Waals surface area (Å²) in [6.07, 6.45) is 2.03. The summed E-state index contributed by atoms with van der Waals surface area (Å²) in [5.74, 6) is -0.804. The summed E-state index contributed by atoms with van der Waals surface area (Å²) in [5.41, 5.74) is -0.259. The highest BCUT2D eigenvalue weighted by molar-refractivity contribution is 7.92. The molecule has 0 radical (unpaired) electrons. The molecule has 9 heteroatoms. The Kier molecular flexibility index (Phi) is 6.86. The molecule has 1 saturated carbocycles. The van der Waals surface area contributed by atoms with Gasteiger partial charge in [-0.1, -0.05) is 42.5 Å². The first-order valence-corrected chi connectivity index (χ1v) is 14.4. The summed E-state index contributed by atoms with van der Waals surface area (Å²) in [6, 6.07) is 15.7. The topological polar surface area (TPSA) is 108 Å². The van der Waals surface area contributed by atoms with Gasteiger partial charge < -0.3 is 15.4 Å². The predicted octanol–water partition coefficient (Wildman–Crippen LogP) is 3.11. The zero-order valence-corrected chi connectivity index (χ0v) is 21.7. The van der Waals surface area contributed by atoms with Gasteiger partial charge in [0.2, 0.25) is 5.91 Å². The van der Waals surface area contributed by atoms with Crippen molar-refractivity contribution in [3.05, 3.63) is 71.0 Å². The van der Waals surface area contributed by atoms with Crippen molar-refractivity contribution in [2.24, 2.45) is 0 Å². The Hall–Kier alpha value is -2.80. The first-order chi connectivity index (χ1) is 17.7. The van der Waals surface area contributed by atoms with Crippen LogP contribution in [0.4, 0.5) is 4.39 Å². The Bertz CT molecular complexity index is 1310. The van der Waals surface area contributed by atoms with E-state index in [1.54, 1.807) is 12.1 Å². The average molecular weight is 526 g/mol. The molecule has 2 heterocycles. The predicted molar refractivity (Wildman–Crippen MR) is 137 cm³/mol. The molecule has 0 aromatic heterocycles. The molecule has 3 aliphatic rings. The number of halogens is 1. The SMILES string of the molecule is C[C@@H]1NC[C@@H](c2ccccc2)S(=O)(=O)C1Cc1ccc(C2(C(=O)NC3(C#N)CC3)CCOCC2)cc1F. The highest BCUT2D eigenvalue weighted by atomic mass is 32.2. The number of sulfone groups is 1. The van der Waals surface area contributed by atoms with E-state index in [-0.39, 0.29) is 18.4 Å². The zero-order chi connectivity index (χ0) is 26.3. The number of nitrogens with one attached hydrogen (secondary N) is 2. The fourth-order valence-electron chi connectivity index (χ4n) is 5.62. The van der Waals surface area contributed by atoms with E-state index in [0.29, 0.717) is 56.6 Å². The van der Waals surface area contributed by atoms with Gasteiger partial charge >= 0.3 is 0 Å². The van der Waals surface area contributed by atoms with Crippen molar-refractivity contribution >= 4 is 15.7 Å². The van der Waals surface area contributed by atoms with E-state index in [1.165, 1.54) is 6.07 Å². The van der Waals surface area contributed by atoms with Crippen LogP contribution >= 0.6 is 0 Å². The van der Waals surface area contributed by atoms with Gasteiger partial charge in [-0.3, -0.25) is 4.79 Å². The van der Waals surface area contributed by atoms with Crippen LogP contribution in [-0.2, 0) is 31.2 Å². The Labute approximate surface area is 217 Å². The molecule has 3 fully saturated rings. The van der Waals surface area contributed by atoms with Crippen LogP contribution < -0.4 is 10.6 Å². The molecule has 7 nitrogen and oxygen atoms in total. The maximum Gasteiger partial charge on any atom is 0.232 e. The summed E-state index contributed by atoms with van der Waals surface area (Å²) in [7, 11) is -3.59. The number of benzene rings is 2. The number of ether oxygens (including phenoxy) is 1. The molecule has 2 aromatic rings. The van der Waals surface area contributed by atoms with E-state index < -0.39 is 37.1 Å². The van der Waals surface area contributed by atoms with Crippen LogP contribution in [0, 0.1) is 17.1 Å². The average Bonchev–Trinajstić information content (AvgIpc) is 3.67. The van der Waals surface area contributed by atoms with E-state index in [0.717, 1.165) is 5.56 Å². The van der Waals surface area contributed by atoms with Crippen LogP contribution in [0.2, 0.25) is 0 Å². The number of carbonyl (C=O) groups excluding carboxylic acids is 1. The van der Waals surface area contributed by atoms with Crippen molar-refractivity contribution in [1.82, 2.24) is 10.6 Å². The lowest BCUT2D eigenvalue weighted by Gasteiger charge is -2.37. The van der Waals surface area contributed by atoms with E-state index in [9.17, 15) is 18.5 Å². The van der Waals surface area contributed by atoms with Gasteiger partial charge in [-0.15, -0.1) is 0 Å². The number of nitrogens with zero attached hydrogens (tertiary/aromatic N) is 1. The molecule has 1 amide bonds. The normalized spacial score (nSPS) is 27.5. The summed E-state index contributed by atoms with van der Waals surface area (Å²) < 4.78 is 48.3. The van der Waals surface area contributed by atoms with Gasteiger partial charge in [-0.25, -0.2) is 12.8 Å². The molecule has 2 saturated heterocycles. The lowest BCUT2D eigenvalue weighted by molar-refractivity contribution is -0.131.